The fourth-order valence-corrected chi connectivity index (χ4v) is 2.83. The van der Waals surface area contributed by atoms with Gasteiger partial charge in [0.15, 0.2) is 15.2 Å². The predicted octanol–water partition coefficient (Wildman–Crippen LogP) is 2.87. The van der Waals surface area contributed by atoms with Crippen molar-refractivity contribution >= 4 is 34.0 Å². The van der Waals surface area contributed by atoms with Gasteiger partial charge in [-0.25, -0.2) is 9.78 Å². The third kappa shape index (κ3) is 2.30. The maximum absolute atomic E-state index is 10.9. The Labute approximate surface area is 103 Å². The van der Waals surface area contributed by atoms with Crippen LogP contribution in [-0.2, 0) is 0 Å². The number of aromatic nitrogens is 1. The van der Waals surface area contributed by atoms with E-state index in [4.69, 9.17) is 16.7 Å². The van der Waals surface area contributed by atoms with E-state index in [1.165, 1.54) is 24.2 Å². The standard InChI is InChI=1S/C10H13ClN2O2S/c1-2-5-13(6-3-4-6)10-12-8(11)7(16-10)9(14)15/h6H,2-5H2,1H3,(H,14,15). The van der Waals surface area contributed by atoms with E-state index in [1.807, 2.05) is 0 Å². The van der Waals surface area contributed by atoms with Crippen LogP contribution in [0.1, 0.15) is 35.9 Å². The molecule has 1 saturated carbocycles. The van der Waals surface area contributed by atoms with Gasteiger partial charge in [0.05, 0.1) is 0 Å². The molecule has 1 aromatic rings. The van der Waals surface area contributed by atoms with Crippen molar-refractivity contribution in [3.05, 3.63) is 10.0 Å². The highest BCUT2D eigenvalue weighted by Crippen LogP contribution is 2.36. The van der Waals surface area contributed by atoms with Crippen LogP contribution in [0, 0.1) is 0 Å². The summed E-state index contributed by atoms with van der Waals surface area (Å²) >= 11 is 6.97. The second kappa shape index (κ2) is 4.59. The topological polar surface area (TPSA) is 53.4 Å². The van der Waals surface area contributed by atoms with Gasteiger partial charge in [-0.15, -0.1) is 0 Å². The number of carboxylic acids is 1. The number of thiazole rings is 1. The molecule has 0 atom stereocenters. The molecule has 1 aliphatic carbocycles. The highest BCUT2D eigenvalue weighted by molar-refractivity contribution is 7.18. The Morgan fingerprint density at radius 2 is 2.38 bits per heavy atom. The minimum absolute atomic E-state index is 0.106. The van der Waals surface area contributed by atoms with Crippen LogP contribution in [0.2, 0.25) is 5.15 Å². The summed E-state index contributed by atoms with van der Waals surface area (Å²) in [6.45, 7) is 3.01. The van der Waals surface area contributed by atoms with E-state index in [1.54, 1.807) is 0 Å². The number of nitrogens with zero attached hydrogens (tertiary/aromatic N) is 2. The second-order valence-corrected chi connectivity index (χ2v) is 5.18. The largest absolute Gasteiger partial charge is 0.477 e. The van der Waals surface area contributed by atoms with Gasteiger partial charge in [0.2, 0.25) is 0 Å². The predicted molar refractivity (Wildman–Crippen MR) is 64.7 cm³/mol. The summed E-state index contributed by atoms with van der Waals surface area (Å²) < 4.78 is 0. The number of hydrogen-bond donors (Lipinski definition) is 1. The molecule has 16 heavy (non-hydrogen) atoms. The summed E-state index contributed by atoms with van der Waals surface area (Å²) in [6.07, 6.45) is 3.36. The molecular weight excluding hydrogens is 248 g/mol. The van der Waals surface area contributed by atoms with Crippen molar-refractivity contribution in [2.45, 2.75) is 32.2 Å². The van der Waals surface area contributed by atoms with Gasteiger partial charge in [-0.05, 0) is 19.3 Å². The van der Waals surface area contributed by atoms with Gasteiger partial charge in [-0.3, -0.25) is 0 Å². The van der Waals surface area contributed by atoms with Crippen LogP contribution in [0.3, 0.4) is 0 Å². The molecule has 0 aromatic carbocycles. The Hall–Kier alpha value is -0.810. The van der Waals surface area contributed by atoms with Crippen LogP contribution in [0.15, 0.2) is 0 Å². The van der Waals surface area contributed by atoms with E-state index in [0.29, 0.717) is 6.04 Å². The van der Waals surface area contributed by atoms with E-state index >= 15 is 0 Å². The van der Waals surface area contributed by atoms with Crippen molar-refractivity contribution in [1.29, 1.82) is 0 Å². The summed E-state index contributed by atoms with van der Waals surface area (Å²) in [4.78, 5) is 17.3. The maximum Gasteiger partial charge on any atom is 0.349 e. The molecule has 1 fully saturated rings. The molecule has 6 heteroatoms. The van der Waals surface area contributed by atoms with E-state index in [2.05, 4.69) is 16.8 Å². The Morgan fingerprint density at radius 3 is 2.81 bits per heavy atom. The van der Waals surface area contributed by atoms with Gasteiger partial charge in [-0.2, -0.15) is 0 Å². The first-order valence-electron chi connectivity index (χ1n) is 5.29. The lowest BCUT2D eigenvalue weighted by atomic mass is 10.4. The van der Waals surface area contributed by atoms with Crippen LogP contribution in [-0.4, -0.2) is 28.6 Å². The second-order valence-electron chi connectivity index (χ2n) is 3.85. The minimum atomic E-state index is -0.999. The van der Waals surface area contributed by atoms with Crippen molar-refractivity contribution in [3.8, 4) is 0 Å². The molecule has 0 saturated heterocycles. The van der Waals surface area contributed by atoms with Crippen molar-refractivity contribution in [2.24, 2.45) is 0 Å². The van der Waals surface area contributed by atoms with Gasteiger partial charge in [-0.1, -0.05) is 29.9 Å². The van der Waals surface area contributed by atoms with E-state index in [0.717, 1.165) is 18.1 Å². The molecule has 4 nitrogen and oxygen atoms in total. The van der Waals surface area contributed by atoms with Crippen LogP contribution in [0.4, 0.5) is 5.13 Å². The molecular formula is C10H13ClN2O2S. The first-order valence-corrected chi connectivity index (χ1v) is 6.49. The Kier molecular flexibility index (Phi) is 3.35. The number of aromatic carboxylic acids is 1. The summed E-state index contributed by atoms with van der Waals surface area (Å²) in [5.41, 5.74) is 0. The minimum Gasteiger partial charge on any atom is -0.477 e. The third-order valence-corrected chi connectivity index (χ3v) is 3.93. The number of halogens is 1. The Morgan fingerprint density at radius 1 is 1.69 bits per heavy atom. The third-order valence-electron chi connectivity index (χ3n) is 2.47. The molecule has 1 heterocycles. The van der Waals surface area contributed by atoms with Crippen LogP contribution < -0.4 is 4.90 Å². The smallest absolute Gasteiger partial charge is 0.349 e. The van der Waals surface area contributed by atoms with Gasteiger partial charge in [0.25, 0.3) is 0 Å². The van der Waals surface area contributed by atoms with E-state index in [-0.39, 0.29) is 10.0 Å². The lowest BCUT2D eigenvalue weighted by molar-refractivity contribution is 0.0702. The van der Waals surface area contributed by atoms with E-state index in [9.17, 15) is 4.79 Å². The first kappa shape index (κ1) is 11.7. The molecule has 0 amide bonds. The average Bonchev–Trinajstić information content (AvgIpc) is 2.98. The van der Waals surface area contributed by atoms with Crippen LogP contribution >= 0.6 is 22.9 Å². The van der Waals surface area contributed by atoms with Crippen molar-refractivity contribution in [2.75, 3.05) is 11.4 Å². The molecule has 0 unspecified atom stereocenters. The van der Waals surface area contributed by atoms with Crippen molar-refractivity contribution in [1.82, 2.24) is 4.98 Å². The first-order chi connectivity index (χ1) is 7.63. The average molecular weight is 261 g/mol. The highest BCUT2D eigenvalue weighted by atomic mass is 35.5. The molecule has 1 aliphatic rings. The highest BCUT2D eigenvalue weighted by Gasteiger charge is 2.31. The maximum atomic E-state index is 10.9. The van der Waals surface area contributed by atoms with Gasteiger partial charge >= 0.3 is 5.97 Å². The number of carbonyl (C=O) groups is 1. The molecule has 0 radical (unpaired) electrons. The fourth-order valence-electron chi connectivity index (χ4n) is 1.61. The number of hydrogen-bond acceptors (Lipinski definition) is 4. The van der Waals surface area contributed by atoms with Gasteiger partial charge in [0.1, 0.15) is 0 Å². The van der Waals surface area contributed by atoms with Crippen molar-refractivity contribution in [3.63, 3.8) is 0 Å². The van der Waals surface area contributed by atoms with Gasteiger partial charge < -0.3 is 10.0 Å². The Balaban J connectivity index is 2.23. The zero-order valence-corrected chi connectivity index (χ0v) is 10.5. The Bertz CT molecular complexity index is 404. The van der Waals surface area contributed by atoms with Crippen molar-refractivity contribution < 1.29 is 9.90 Å². The lowest BCUT2D eigenvalue weighted by Gasteiger charge is -2.20. The van der Waals surface area contributed by atoms with Crippen LogP contribution in [0.25, 0.3) is 0 Å². The summed E-state index contributed by atoms with van der Waals surface area (Å²) in [7, 11) is 0. The normalized spacial score (nSPS) is 15.1. The summed E-state index contributed by atoms with van der Waals surface area (Å²) in [5, 5.41) is 9.76. The molecule has 0 spiro atoms. The summed E-state index contributed by atoms with van der Waals surface area (Å²) in [5.74, 6) is -0.999. The molecule has 88 valence electrons. The molecule has 1 N–H and O–H groups in total. The molecule has 0 bridgehead atoms. The van der Waals surface area contributed by atoms with Gasteiger partial charge in [0, 0.05) is 12.6 Å². The quantitative estimate of drug-likeness (QED) is 0.885. The number of rotatable bonds is 5. The molecule has 1 aromatic heterocycles. The SMILES string of the molecule is CCCN(c1nc(Cl)c(C(=O)O)s1)C1CC1. The fraction of sp³-hybridized carbons (Fsp3) is 0.600. The lowest BCUT2D eigenvalue weighted by Crippen LogP contribution is -2.26. The molecule has 2 rings (SSSR count). The summed E-state index contributed by atoms with van der Waals surface area (Å²) in [6, 6.07) is 0.531. The number of carboxylic acid groups (broad SMARTS) is 1. The zero-order chi connectivity index (χ0) is 11.7. The molecule has 0 aliphatic heterocycles. The van der Waals surface area contributed by atoms with E-state index < -0.39 is 5.97 Å². The zero-order valence-electron chi connectivity index (χ0n) is 8.94. The van der Waals surface area contributed by atoms with Crippen LogP contribution in [0.5, 0.6) is 0 Å². The number of anilines is 1. The monoisotopic (exact) mass is 260 g/mol.